The fourth-order valence-electron chi connectivity index (χ4n) is 4.79. The summed E-state index contributed by atoms with van der Waals surface area (Å²) in [4.78, 5) is 42.6. The molecule has 0 amide bonds. The molecule has 0 aromatic rings. The van der Waals surface area contributed by atoms with Crippen LogP contribution in [0, 0.1) is 5.92 Å². The zero-order valence-corrected chi connectivity index (χ0v) is 31.5. The van der Waals surface area contributed by atoms with Crippen molar-refractivity contribution in [1.29, 1.82) is 0 Å². The van der Waals surface area contributed by atoms with Crippen molar-refractivity contribution in [3.63, 3.8) is 0 Å². The van der Waals surface area contributed by atoms with Crippen LogP contribution >= 0.6 is 7.82 Å². The van der Waals surface area contributed by atoms with Gasteiger partial charge in [-0.2, -0.15) is 0 Å². The normalized spacial score (nSPS) is 13.9. The second kappa shape index (κ2) is 32.9. The summed E-state index contributed by atoms with van der Waals surface area (Å²) < 4.78 is 26.2. The third-order valence-electron chi connectivity index (χ3n) is 7.55. The molecule has 0 spiro atoms. The summed E-state index contributed by atoms with van der Waals surface area (Å²) in [6, 6.07) is 0. The molecular formula is C39H67O9P. The molecule has 0 bridgehead atoms. The van der Waals surface area contributed by atoms with Gasteiger partial charge in [0.25, 0.3) is 0 Å². The van der Waals surface area contributed by atoms with Crippen LogP contribution in [0.25, 0.3) is 0 Å². The first-order valence-corrected chi connectivity index (χ1v) is 20.1. The number of aliphatic hydroxyl groups excluding tert-OH is 1. The lowest BCUT2D eigenvalue weighted by Crippen LogP contribution is -2.29. The van der Waals surface area contributed by atoms with Crippen LogP contribution in [0.15, 0.2) is 60.8 Å². The summed E-state index contributed by atoms with van der Waals surface area (Å²) in [6.07, 6.45) is 35.8. The molecule has 10 heteroatoms. The minimum absolute atomic E-state index is 0.169. The molecule has 0 saturated carbocycles. The van der Waals surface area contributed by atoms with E-state index in [1.165, 1.54) is 44.9 Å². The standard InChI is InChI=1S/C39H67O9P/c1-4-5-29-36(40)30-25-21-17-13-8-6-7-9-14-18-22-26-31-38(41)46-33-37(34-47-49(43,44)45)48-39(42)32-27-23-19-15-11-10-12-16-20-24-28-35(2)3/h5-7,13-14,17-18,21,25,29,35-37,40H,4,8-12,15-16,19-20,22-24,26-28,30-34H2,1-3H3,(H2,43,44,45)/b7-6-,17-13-,18-14-,25-21+,29-5-/t36?,37-/m1/s1. The topological polar surface area (TPSA) is 140 Å². The first-order chi connectivity index (χ1) is 23.5. The lowest BCUT2D eigenvalue weighted by Gasteiger charge is -2.18. The highest BCUT2D eigenvalue weighted by Gasteiger charge is 2.22. The number of carbonyl (C=O) groups excluding carboxylic acids is 2. The molecule has 0 aliphatic carbocycles. The number of esters is 2. The Morgan fingerprint density at radius 1 is 0.694 bits per heavy atom. The van der Waals surface area contributed by atoms with Gasteiger partial charge in [0.2, 0.25) is 0 Å². The Labute approximate surface area is 297 Å². The number of carbonyl (C=O) groups is 2. The van der Waals surface area contributed by atoms with Gasteiger partial charge < -0.3 is 24.4 Å². The largest absolute Gasteiger partial charge is 0.469 e. The maximum Gasteiger partial charge on any atom is 0.469 e. The fourth-order valence-corrected chi connectivity index (χ4v) is 5.15. The lowest BCUT2D eigenvalue weighted by atomic mass is 10.0. The summed E-state index contributed by atoms with van der Waals surface area (Å²) in [5, 5.41) is 9.72. The summed E-state index contributed by atoms with van der Waals surface area (Å²) in [5.41, 5.74) is 0. The molecule has 0 aromatic carbocycles. The predicted octanol–water partition coefficient (Wildman–Crippen LogP) is 9.78. The number of allylic oxidation sites excluding steroid dienone is 8. The van der Waals surface area contributed by atoms with Crippen LogP contribution in [-0.2, 0) is 28.2 Å². The van der Waals surface area contributed by atoms with Crippen LogP contribution in [-0.4, -0.2) is 52.3 Å². The maximum absolute atomic E-state index is 12.3. The summed E-state index contributed by atoms with van der Waals surface area (Å²) >= 11 is 0. The van der Waals surface area contributed by atoms with Crippen LogP contribution in [0.4, 0.5) is 0 Å². The van der Waals surface area contributed by atoms with E-state index in [-0.39, 0.29) is 19.4 Å². The number of phosphoric ester groups is 1. The Bertz CT molecular complexity index is 1010. The van der Waals surface area contributed by atoms with Gasteiger partial charge >= 0.3 is 19.8 Å². The summed E-state index contributed by atoms with van der Waals surface area (Å²) in [5.74, 6) is -0.194. The third kappa shape index (κ3) is 36.8. The Balaban J connectivity index is 4.12. The molecule has 1 unspecified atom stereocenters. The highest BCUT2D eigenvalue weighted by Crippen LogP contribution is 2.36. The van der Waals surface area contributed by atoms with E-state index in [4.69, 9.17) is 19.3 Å². The molecule has 0 fully saturated rings. The highest BCUT2D eigenvalue weighted by molar-refractivity contribution is 7.46. The van der Waals surface area contributed by atoms with Crippen molar-refractivity contribution < 1.29 is 43.0 Å². The number of aliphatic hydroxyl groups is 1. The van der Waals surface area contributed by atoms with Gasteiger partial charge in [0.15, 0.2) is 6.10 Å². The van der Waals surface area contributed by atoms with E-state index < -0.39 is 38.6 Å². The zero-order chi connectivity index (χ0) is 36.4. The molecule has 0 aliphatic rings. The average Bonchev–Trinajstić information content (AvgIpc) is 3.05. The number of hydrogen-bond donors (Lipinski definition) is 3. The Morgan fingerprint density at radius 2 is 1.27 bits per heavy atom. The SMILES string of the molecule is CC/C=C\C(O)C/C=C/C=C\C/C=C\C/C=C\CCCC(=O)OC[C@H](COP(=O)(O)O)OC(=O)CCCCCCCCCCCCC(C)C. The van der Waals surface area contributed by atoms with E-state index in [9.17, 15) is 19.3 Å². The number of phosphoric acid groups is 1. The number of ether oxygens (including phenoxy) is 2. The third-order valence-corrected chi connectivity index (χ3v) is 8.04. The molecule has 0 radical (unpaired) electrons. The smallest absolute Gasteiger partial charge is 0.462 e. The van der Waals surface area contributed by atoms with Crippen molar-refractivity contribution in [2.45, 2.75) is 155 Å². The van der Waals surface area contributed by atoms with Crippen molar-refractivity contribution in [2.24, 2.45) is 5.92 Å². The second-order valence-electron chi connectivity index (χ2n) is 12.9. The minimum atomic E-state index is -4.77. The minimum Gasteiger partial charge on any atom is -0.462 e. The van der Waals surface area contributed by atoms with Gasteiger partial charge in [-0.3, -0.25) is 14.1 Å². The van der Waals surface area contributed by atoms with Crippen LogP contribution in [0.5, 0.6) is 0 Å². The van der Waals surface area contributed by atoms with Crippen LogP contribution in [0.3, 0.4) is 0 Å². The van der Waals surface area contributed by atoms with Crippen molar-refractivity contribution in [1.82, 2.24) is 0 Å². The molecule has 9 nitrogen and oxygen atoms in total. The van der Waals surface area contributed by atoms with Crippen LogP contribution in [0.1, 0.15) is 143 Å². The molecule has 0 aliphatic heterocycles. The van der Waals surface area contributed by atoms with Crippen LogP contribution in [0.2, 0.25) is 0 Å². The number of rotatable bonds is 32. The van der Waals surface area contributed by atoms with Crippen molar-refractivity contribution in [3.05, 3.63) is 60.8 Å². The molecule has 49 heavy (non-hydrogen) atoms. The van der Waals surface area contributed by atoms with E-state index in [2.05, 4.69) is 30.5 Å². The number of hydrogen-bond acceptors (Lipinski definition) is 7. The second-order valence-corrected chi connectivity index (χ2v) is 14.1. The van der Waals surface area contributed by atoms with Gasteiger partial charge in [0.1, 0.15) is 6.61 Å². The quantitative estimate of drug-likeness (QED) is 0.0205. The fraction of sp³-hybridized carbons (Fsp3) is 0.692. The van der Waals surface area contributed by atoms with Gasteiger partial charge in [-0.05, 0) is 50.9 Å². The molecule has 3 N–H and O–H groups in total. The Hall–Kier alpha value is -2.29. The van der Waals surface area contributed by atoms with E-state index in [0.29, 0.717) is 25.7 Å². The van der Waals surface area contributed by atoms with E-state index in [1.54, 1.807) is 0 Å². The molecule has 2 atom stereocenters. The Morgan fingerprint density at radius 3 is 1.90 bits per heavy atom. The number of unbranched alkanes of at least 4 members (excludes halogenated alkanes) is 10. The van der Waals surface area contributed by atoms with Crippen LogP contribution < -0.4 is 0 Å². The molecule has 0 saturated heterocycles. The molecular weight excluding hydrogens is 643 g/mol. The first kappa shape index (κ1) is 46.7. The maximum atomic E-state index is 12.3. The van der Waals surface area contributed by atoms with Crippen molar-refractivity contribution >= 4 is 19.8 Å². The Kier molecular flexibility index (Phi) is 31.4. The van der Waals surface area contributed by atoms with Crippen molar-refractivity contribution in [2.75, 3.05) is 13.2 Å². The monoisotopic (exact) mass is 710 g/mol. The van der Waals surface area contributed by atoms with Gasteiger partial charge in [-0.1, -0.05) is 146 Å². The van der Waals surface area contributed by atoms with E-state index in [0.717, 1.165) is 44.4 Å². The van der Waals surface area contributed by atoms with Crippen molar-refractivity contribution in [3.8, 4) is 0 Å². The zero-order valence-electron chi connectivity index (χ0n) is 30.6. The van der Waals surface area contributed by atoms with E-state index >= 15 is 0 Å². The average molecular weight is 711 g/mol. The van der Waals surface area contributed by atoms with Gasteiger partial charge in [0, 0.05) is 12.8 Å². The highest BCUT2D eigenvalue weighted by atomic mass is 31.2. The van der Waals surface area contributed by atoms with Gasteiger partial charge in [0.05, 0.1) is 12.7 Å². The molecule has 282 valence electrons. The van der Waals surface area contributed by atoms with E-state index in [1.807, 2.05) is 55.5 Å². The summed E-state index contributed by atoms with van der Waals surface area (Å²) in [7, 11) is -4.77. The van der Waals surface area contributed by atoms with Gasteiger partial charge in [-0.25, -0.2) is 4.57 Å². The first-order valence-electron chi connectivity index (χ1n) is 18.5. The molecule has 0 heterocycles. The molecule has 0 aromatic heterocycles. The predicted molar refractivity (Wildman–Crippen MR) is 199 cm³/mol. The van der Waals surface area contributed by atoms with Gasteiger partial charge in [-0.15, -0.1) is 0 Å². The molecule has 0 rings (SSSR count). The lowest BCUT2D eigenvalue weighted by molar-refractivity contribution is -0.161. The summed E-state index contributed by atoms with van der Waals surface area (Å²) in [6.45, 7) is 5.68.